The van der Waals surface area contributed by atoms with Crippen molar-refractivity contribution in [3.63, 3.8) is 0 Å². The second-order valence-electron chi connectivity index (χ2n) is 7.25. The van der Waals surface area contributed by atoms with Crippen molar-refractivity contribution in [1.29, 1.82) is 0 Å². The van der Waals surface area contributed by atoms with Crippen LogP contribution in [0.1, 0.15) is 43.9 Å². The average molecular weight is 319 g/mol. The van der Waals surface area contributed by atoms with Gasteiger partial charge in [0.05, 0.1) is 18.8 Å². The lowest BCUT2D eigenvalue weighted by Gasteiger charge is -2.33. The summed E-state index contributed by atoms with van der Waals surface area (Å²) < 4.78 is 10.7. The highest BCUT2D eigenvalue weighted by molar-refractivity contribution is 5.03. The fourth-order valence-corrected chi connectivity index (χ4v) is 2.63. The molecule has 0 unspecified atom stereocenters. The van der Waals surface area contributed by atoms with E-state index in [2.05, 4.69) is 45.9 Å². The molecule has 0 aromatic carbocycles. The molecule has 126 valence electrons. The van der Waals surface area contributed by atoms with Gasteiger partial charge in [-0.05, 0) is 6.92 Å². The molecule has 0 radical (unpaired) electrons. The summed E-state index contributed by atoms with van der Waals surface area (Å²) in [6, 6.07) is 2.00. The molecule has 3 heterocycles. The van der Waals surface area contributed by atoms with Crippen molar-refractivity contribution in [1.82, 2.24) is 25.1 Å². The van der Waals surface area contributed by atoms with Crippen molar-refractivity contribution in [2.75, 3.05) is 26.2 Å². The molecular weight excluding hydrogens is 294 g/mol. The van der Waals surface area contributed by atoms with Crippen LogP contribution in [0.2, 0.25) is 0 Å². The van der Waals surface area contributed by atoms with E-state index in [0.717, 1.165) is 56.5 Å². The van der Waals surface area contributed by atoms with Gasteiger partial charge < -0.3 is 9.05 Å². The predicted octanol–water partition coefficient (Wildman–Crippen LogP) is 1.98. The van der Waals surface area contributed by atoms with Crippen molar-refractivity contribution in [2.45, 2.75) is 46.2 Å². The van der Waals surface area contributed by atoms with E-state index in [1.165, 1.54) is 0 Å². The van der Waals surface area contributed by atoms with E-state index >= 15 is 0 Å². The molecule has 7 nitrogen and oxygen atoms in total. The van der Waals surface area contributed by atoms with E-state index in [4.69, 9.17) is 9.05 Å². The van der Waals surface area contributed by atoms with E-state index in [1.807, 2.05) is 13.0 Å². The largest absolute Gasteiger partial charge is 0.360 e. The predicted molar refractivity (Wildman–Crippen MR) is 84.8 cm³/mol. The van der Waals surface area contributed by atoms with Crippen LogP contribution in [0.3, 0.4) is 0 Å². The van der Waals surface area contributed by atoms with E-state index in [-0.39, 0.29) is 5.41 Å². The lowest BCUT2D eigenvalue weighted by atomic mass is 9.96. The van der Waals surface area contributed by atoms with Crippen molar-refractivity contribution in [3.8, 4) is 0 Å². The Morgan fingerprint density at radius 2 is 1.65 bits per heavy atom. The maximum atomic E-state index is 5.38. The summed E-state index contributed by atoms with van der Waals surface area (Å²) in [7, 11) is 0. The van der Waals surface area contributed by atoms with Crippen LogP contribution < -0.4 is 0 Å². The zero-order chi connectivity index (χ0) is 16.4. The van der Waals surface area contributed by atoms with Crippen LogP contribution >= 0.6 is 0 Å². The van der Waals surface area contributed by atoms with Crippen LogP contribution in [-0.4, -0.2) is 51.3 Å². The van der Waals surface area contributed by atoms with Gasteiger partial charge in [-0.3, -0.25) is 9.80 Å². The van der Waals surface area contributed by atoms with Crippen molar-refractivity contribution in [3.05, 3.63) is 29.2 Å². The van der Waals surface area contributed by atoms with Crippen LogP contribution in [0, 0.1) is 6.92 Å². The third-order valence-electron chi connectivity index (χ3n) is 4.02. The molecule has 2 aromatic heterocycles. The normalized spacial score (nSPS) is 17.7. The summed E-state index contributed by atoms with van der Waals surface area (Å²) in [5.41, 5.74) is 0.861. The second kappa shape index (κ2) is 6.41. The third kappa shape index (κ3) is 4.17. The molecule has 0 N–H and O–H groups in total. The molecule has 2 aromatic rings. The van der Waals surface area contributed by atoms with E-state index < -0.39 is 0 Å². The molecule has 1 fully saturated rings. The lowest BCUT2D eigenvalue weighted by Crippen LogP contribution is -2.45. The standard InChI is InChI=1S/C16H25N5O2/c1-12-9-13(22-18-12)10-20-5-7-21(8-6-20)11-14-17-15(19-23-14)16(2,3)4/h9H,5-8,10-11H2,1-4H3. The number of aromatic nitrogens is 3. The fourth-order valence-electron chi connectivity index (χ4n) is 2.63. The third-order valence-corrected chi connectivity index (χ3v) is 4.02. The van der Waals surface area contributed by atoms with E-state index in [0.29, 0.717) is 5.89 Å². The Morgan fingerprint density at radius 1 is 1.00 bits per heavy atom. The van der Waals surface area contributed by atoms with Crippen LogP contribution in [-0.2, 0) is 18.5 Å². The van der Waals surface area contributed by atoms with Crippen molar-refractivity contribution in [2.24, 2.45) is 0 Å². The van der Waals surface area contributed by atoms with E-state index in [1.54, 1.807) is 0 Å². The quantitative estimate of drug-likeness (QED) is 0.853. The van der Waals surface area contributed by atoms with Gasteiger partial charge in [0.1, 0.15) is 0 Å². The zero-order valence-corrected chi connectivity index (χ0v) is 14.4. The zero-order valence-electron chi connectivity index (χ0n) is 14.4. The molecule has 0 bridgehead atoms. The van der Waals surface area contributed by atoms with Gasteiger partial charge in [-0.15, -0.1) is 0 Å². The van der Waals surface area contributed by atoms with Crippen molar-refractivity contribution < 1.29 is 9.05 Å². The Bertz CT molecular complexity index is 635. The molecular formula is C16H25N5O2. The topological polar surface area (TPSA) is 71.4 Å². The molecule has 0 atom stereocenters. The molecule has 7 heteroatoms. The number of aryl methyl sites for hydroxylation is 1. The van der Waals surface area contributed by atoms with Crippen molar-refractivity contribution >= 4 is 0 Å². The first-order chi connectivity index (χ1) is 10.9. The number of rotatable bonds is 4. The minimum atomic E-state index is -0.0738. The van der Waals surface area contributed by atoms with Gasteiger partial charge in [0.2, 0.25) is 5.89 Å². The highest BCUT2D eigenvalue weighted by Crippen LogP contribution is 2.19. The van der Waals surface area contributed by atoms with E-state index in [9.17, 15) is 0 Å². The highest BCUT2D eigenvalue weighted by Gasteiger charge is 2.23. The van der Waals surface area contributed by atoms with Gasteiger partial charge in [-0.2, -0.15) is 4.98 Å². The first-order valence-corrected chi connectivity index (χ1v) is 8.10. The summed E-state index contributed by atoms with van der Waals surface area (Å²) >= 11 is 0. The molecule has 0 saturated carbocycles. The maximum absolute atomic E-state index is 5.38. The Kier molecular flexibility index (Phi) is 4.50. The van der Waals surface area contributed by atoms with Gasteiger partial charge in [-0.25, -0.2) is 0 Å². The Hall–Kier alpha value is -1.73. The van der Waals surface area contributed by atoms with Crippen LogP contribution in [0.5, 0.6) is 0 Å². The molecule has 0 amide bonds. The summed E-state index contributed by atoms with van der Waals surface area (Å²) in [6.07, 6.45) is 0. The molecule has 23 heavy (non-hydrogen) atoms. The SMILES string of the molecule is Cc1cc(CN2CCN(Cc3nc(C(C)(C)C)no3)CC2)on1. The van der Waals surface area contributed by atoms with Gasteiger partial charge in [0.25, 0.3) is 0 Å². The van der Waals surface area contributed by atoms with Gasteiger partial charge in [0, 0.05) is 37.7 Å². The van der Waals surface area contributed by atoms with Crippen LogP contribution in [0.25, 0.3) is 0 Å². The average Bonchev–Trinajstić information content (AvgIpc) is 3.10. The highest BCUT2D eigenvalue weighted by atomic mass is 16.5. The first-order valence-electron chi connectivity index (χ1n) is 8.10. The minimum Gasteiger partial charge on any atom is -0.360 e. The summed E-state index contributed by atoms with van der Waals surface area (Å²) in [5.74, 6) is 2.41. The van der Waals surface area contributed by atoms with Crippen LogP contribution in [0.4, 0.5) is 0 Å². The van der Waals surface area contributed by atoms with Gasteiger partial charge in [0.15, 0.2) is 11.6 Å². The molecule has 1 saturated heterocycles. The Labute approximate surface area is 136 Å². The minimum absolute atomic E-state index is 0.0738. The summed E-state index contributed by atoms with van der Waals surface area (Å²) in [5, 5.41) is 8.02. The monoisotopic (exact) mass is 319 g/mol. The molecule has 0 spiro atoms. The molecule has 1 aliphatic rings. The second-order valence-corrected chi connectivity index (χ2v) is 7.25. The number of hydrogen-bond donors (Lipinski definition) is 0. The van der Waals surface area contributed by atoms with Gasteiger partial charge in [-0.1, -0.05) is 31.1 Å². The van der Waals surface area contributed by atoms with Gasteiger partial charge >= 0.3 is 0 Å². The Morgan fingerprint density at radius 3 is 2.17 bits per heavy atom. The number of hydrogen-bond acceptors (Lipinski definition) is 7. The molecule has 3 rings (SSSR count). The smallest absolute Gasteiger partial charge is 0.240 e. The Balaban J connectivity index is 1.48. The van der Waals surface area contributed by atoms with Crippen LogP contribution in [0.15, 0.2) is 15.1 Å². The first kappa shape index (κ1) is 16.1. The fraction of sp³-hybridized carbons (Fsp3) is 0.688. The molecule has 1 aliphatic heterocycles. The summed E-state index contributed by atoms with van der Waals surface area (Å²) in [4.78, 5) is 9.24. The lowest BCUT2D eigenvalue weighted by molar-refractivity contribution is 0.105. The number of piperazine rings is 1. The maximum Gasteiger partial charge on any atom is 0.240 e. The summed E-state index contributed by atoms with van der Waals surface area (Å²) in [6.45, 7) is 13.7. The number of nitrogens with zero attached hydrogens (tertiary/aromatic N) is 5. The molecule has 0 aliphatic carbocycles.